The molecular formula is C11H13FN4. The minimum atomic E-state index is -0.481. The zero-order valence-corrected chi connectivity index (χ0v) is 9.21. The minimum absolute atomic E-state index is 0.481. The molecule has 0 aromatic carbocycles. The maximum absolute atomic E-state index is 12.8. The van der Waals surface area contributed by atoms with Crippen molar-refractivity contribution >= 4 is 5.82 Å². The monoisotopic (exact) mass is 220 g/mol. The number of aryl methyl sites for hydroxylation is 2. The predicted octanol–water partition coefficient (Wildman–Crippen LogP) is 2.17. The van der Waals surface area contributed by atoms with Gasteiger partial charge < -0.3 is 5.32 Å². The smallest absolute Gasteiger partial charge is 0.214 e. The Balaban J connectivity index is 2.08. The van der Waals surface area contributed by atoms with Crippen LogP contribution in [0.15, 0.2) is 18.2 Å². The fourth-order valence-corrected chi connectivity index (χ4v) is 1.52. The highest BCUT2D eigenvalue weighted by Crippen LogP contribution is 2.12. The number of hydrogen-bond donors (Lipinski definition) is 2. The van der Waals surface area contributed by atoms with Crippen LogP contribution in [0.4, 0.5) is 10.2 Å². The van der Waals surface area contributed by atoms with E-state index in [9.17, 15) is 4.39 Å². The second-order valence-corrected chi connectivity index (χ2v) is 3.61. The summed E-state index contributed by atoms with van der Waals surface area (Å²) < 4.78 is 12.8. The fraction of sp³-hybridized carbons (Fsp3) is 0.273. The molecule has 0 unspecified atom stereocenters. The van der Waals surface area contributed by atoms with Crippen LogP contribution in [0.2, 0.25) is 0 Å². The van der Waals surface area contributed by atoms with Gasteiger partial charge in [0.15, 0.2) is 0 Å². The molecule has 0 fully saturated rings. The van der Waals surface area contributed by atoms with Gasteiger partial charge in [-0.1, -0.05) is 6.07 Å². The van der Waals surface area contributed by atoms with E-state index < -0.39 is 5.95 Å². The average molecular weight is 220 g/mol. The minimum Gasteiger partial charge on any atom is -0.366 e. The van der Waals surface area contributed by atoms with Crippen LogP contribution < -0.4 is 5.32 Å². The van der Waals surface area contributed by atoms with Gasteiger partial charge in [0.2, 0.25) is 5.95 Å². The van der Waals surface area contributed by atoms with Crippen LogP contribution in [0.25, 0.3) is 0 Å². The van der Waals surface area contributed by atoms with Crippen LogP contribution in [0.5, 0.6) is 0 Å². The van der Waals surface area contributed by atoms with Gasteiger partial charge in [-0.2, -0.15) is 9.49 Å². The van der Waals surface area contributed by atoms with Gasteiger partial charge in [0, 0.05) is 17.8 Å². The zero-order chi connectivity index (χ0) is 11.5. The first-order chi connectivity index (χ1) is 7.66. The molecule has 0 aliphatic carbocycles. The molecule has 0 atom stereocenters. The van der Waals surface area contributed by atoms with E-state index in [1.165, 1.54) is 6.07 Å². The highest BCUT2D eigenvalue weighted by atomic mass is 19.1. The van der Waals surface area contributed by atoms with Gasteiger partial charge in [0.25, 0.3) is 0 Å². The summed E-state index contributed by atoms with van der Waals surface area (Å²) in [7, 11) is 0. The van der Waals surface area contributed by atoms with Crippen LogP contribution in [-0.2, 0) is 6.54 Å². The molecule has 84 valence electrons. The molecule has 5 heteroatoms. The Bertz CT molecular complexity index is 473. The van der Waals surface area contributed by atoms with Crippen LogP contribution in [0, 0.1) is 19.8 Å². The zero-order valence-electron chi connectivity index (χ0n) is 9.21. The van der Waals surface area contributed by atoms with E-state index in [0.717, 1.165) is 17.0 Å². The standard InChI is InChI=1S/C11H13FN4/c1-7-9(8(2)16-15-7)6-13-11-5-3-4-10(12)14-11/h3-5H,6H2,1-2H3,(H,13,14)(H,15,16). The molecule has 4 nitrogen and oxygen atoms in total. The third kappa shape index (κ3) is 2.18. The summed E-state index contributed by atoms with van der Waals surface area (Å²) in [5.41, 5.74) is 3.05. The molecule has 0 saturated heterocycles. The Morgan fingerprint density at radius 1 is 1.38 bits per heavy atom. The van der Waals surface area contributed by atoms with Crippen molar-refractivity contribution in [1.29, 1.82) is 0 Å². The fourth-order valence-electron chi connectivity index (χ4n) is 1.52. The third-order valence-electron chi connectivity index (χ3n) is 2.44. The summed E-state index contributed by atoms with van der Waals surface area (Å²) in [6, 6.07) is 4.67. The Kier molecular flexibility index (Phi) is 2.85. The largest absolute Gasteiger partial charge is 0.366 e. The number of pyridine rings is 1. The SMILES string of the molecule is Cc1n[nH]c(C)c1CNc1cccc(F)n1. The first-order valence-electron chi connectivity index (χ1n) is 5.03. The highest BCUT2D eigenvalue weighted by Gasteiger charge is 2.05. The number of hydrogen-bond acceptors (Lipinski definition) is 3. The third-order valence-corrected chi connectivity index (χ3v) is 2.44. The molecule has 16 heavy (non-hydrogen) atoms. The number of aromatic amines is 1. The lowest BCUT2D eigenvalue weighted by atomic mass is 10.2. The number of H-pyrrole nitrogens is 1. The van der Waals surface area contributed by atoms with E-state index in [2.05, 4.69) is 20.5 Å². The van der Waals surface area contributed by atoms with Crippen LogP contribution in [0.3, 0.4) is 0 Å². The van der Waals surface area contributed by atoms with Crippen molar-refractivity contribution in [3.8, 4) is 0 Å². The van der Waals surface area contributed by atoms with Crippen molar-refractivity contribution in [2.24, 2.45) is 0 Å². The quantitative estimate of drug-likeness (QED) is 0.779. The number of nitrogens with one attached hydrogen (secondary N) is 2. The van der Waals surface area contributed by atoms with Gasteiger partial charge in [0.05, 0.1) is 5.69 Å². The van der Waals surface area contributed by atoms with Gasteiger partial charge in [-0.3, -0.25) is 5.10 Å². The molecule has 2 N–H and O–H groups in total. The van der Waals surface area contributed by atoms with Crippen molar-refractivity contribution in [3.63, 3.8) is 0 Å². The van der Waals surface area contributed by atoms with Crippen molar-refractivity contribution in [3.05, 3.63) is 41.1 Å². The van der Waals surface area contributed by atoms with E-state index in [1.807, 2.05) is 13.8 Å². The maximum Gasteiger partial charge on any atom is 0.214 e. The number of rotatable bonds is 3. The molecule has 2 heterocycles. The van der Waals surface area contributed by atoms with Crippen LogP contribution in [0.1, 0.15) is 17.0 Å². The molecule has 0 saturated carbocycles. The number of halogens is 1. The topological polar surface area (TPSA) is 53.6 Å². The van der Waals surface area contributed by atoms with Crippen molar-refractivity contribution in [2.45, 2.75) is 20.4 Å². The van der Waals surface area contributed by atoms with Gasteiger partial charge in [-0.05, 0) is 26.0 Å². The summed E-state index contributed by atoms with van der Waals surface area (Å²) >= 11 is 0. The lowest BCUT2D eigenvalue weighted by Gasteiger charge is -2.05. The summed E-state index contributed by atoms with van der Waals surface area (Å²) in [5, 5.41) is 10.0. The average Bonchev–Trinajstić information content (AvgIpc) is 2.56. The van der Waals surface area contributed by atoms with Gasteiger partial charge in [-0.25, -0.2) is 4.98 Å². The molecule has 0 amide bonds. The molecule has 2 rings (SSSR count). The van der Waals surface area contributed by atoms with Gasteiger partial charge >= 0.3 is 0 Å². The molecule has 0 radical (unpaired) electrons. The van der Waals surface area contributed by atoms with Crippen LogP contribution >= 0.6 is 0 Å². The van der Waals surface area contributed by atoms with Crippen molar-refractivity contribution in [1.82, 2.24) is 15.2 Å². The summed E-state index contributed by atoms with van der Waals surface area (Å²) in [5.74, 6) is 0.0469. The van der Waals surface area contributed by atoms with E-state index >= 15 is 0 Å². The second kappa shape index (κ2) is 4.30. The highest BCUT2D eigenvalue weighted by molar-refractivity contribution is 5.36. The molecule has 2 aromatic heterocycles. The number of nitrogens with zero attached hydrogens (tertiary/aromatic N) is 2. The molecular weight excluding hydrogens is 207 g/mol. The lowest BCUT2D eigenvalue weighted by molar-refractivity contribution is 0.585. The van der Waals surface area contributed by atoms with Crippen molar-refractivity contribution < 1.29 is 4.39 Å². The Morgan fingerprint density at radius 3 is 2.81 bits per heavy atom. The van der Waals surface area contributed by atoms with Gasteiger partial charge in [-0.15, -0.1) is 0 Å². The van der Waals surface area contributed by atoms with Crippen molar-refractivity contribution in [2.75, 3.05) is 5.32 Å². The van der Waals surface area contributed by atoms with E-state index in [4.69, 9.17) is 0 Å². The Labute approximate surface area is 92.9 Å². The van der Waals surface area contributed by atoms with Crippen LogP contribution in [-0.4, -0.2) is 15.2 Å². The Hall–Kier alpha value is -1.91. The molecule has 0 bridgehead atoms. The lowest BCUT2D eigenvalue weighted by Crippen LogP contribution is -2.03. The van der Waals surface area contributed by atoms with E-state index in [-0.39, 0.29) is 0 Å². The van der Waals surface area contributed by atoms with Gasteiger partial charge in [0.1, 0.15) is 5.82 Å². The second-order valence-electron chi connectivity index (χ2n) is 3.61. The first kappa shape index (κ1) is 10.6. The molecule has 0 spiro atoms. The first-order valence-corrected chi connectivity index (χ1v) is 5.03. The summed E-state index contributed by atoms with van der Waals surface area (Å²) in [6.07, 6.45) is 0. The Morgan fingerprint density at radius 2 is 2.19 bits per heavy atom. The van der Waals surface area contributed by atoms with E-state index in [1.54, 1.807) is 12.1 Å². The number of anilines is 1. The predicted molar refractivity (Wildman–Crippen MR) is 59.6 cm³/mol. The summed E-state index contributed by atoms with van der Waals surface area (Å²) in [6.45, 7) is 4.47. The van der Waals surface area contributed by atoms with E-state index in [0.29, 0.717) is 12.4 Å². The summed E-state index contributed by atoms with van der Waals surface area (Å²) in [4.78, 5) is 3.72. The number of aromatic nitrogens is 3. The molecule has 0 aliphatic heterocycles. The maximum atomic E-state index is 12.8. The molecule has 0 aliphatic rings. The normalized spacial score (nSPS) is 10.4. The molecule has 2 aromatic rings.